The van der Waals surface area contributed by atoms with E-state index in [0.29, 0.717) is 16.1 Å². The molecule has 10 heavy (non-hydrogen) atoms. The molecular formula is C5H7F2N3. The van der Waals surface area contributed by atoms with E-state index in [-0.39, 0.29) is 0 Å². The van der Waals surface area contributed by atoms with Crippen molar-refractivity contribution in [2.75, 3.05) is 5.73 Å². The van der Waals surface area contributed by atoms with Gasteiger partial charge >= 0.3 is 6.55 Å². The van der Waals surface area contributed by atoms with Crippen LogP contribution in [0.2, 0.25) is 0 Å². The molecule has 1 aromatic rings. The van der Waals surface area contributed by atoms with Gasteiger partial charge in [-0.25, -0.2) is 4.68 Å². The molecule has 56 valence electrons. The van der Waals surface area contributed by atoms with E-state index in [0.717, 1.165) is 0 Å². The maximum Gasteiger partial charge on any atom is 0.333 e. The lowest BCUT2D eigenvalue weighted by molar-refractivity contribution is 0.0545. The lowest BCUT2D eigenvalue weighted by atomic mass is 10.4. The van der Waals surface area contributed by atoms with Crippen LogP contribution >= 0.6 is 0 Å². The zero-order chi connectivity index (χ0) is 7.72. The Morgan fingerprint density at radius 3 is 2.50 bits per heavy atom. The van der Waals surface area contributed by atoms with Crippen molar-refractivity contribution < 1.29 is 8.78 Å². The van der Waals surface area contributed by atoms with E-state index in [1.165, 1.54) is 13.1 Å². The highest BCUT2D eigenvalue weighted by atomic mass is 19.3. The van der Waals surface area contributed by atoms with Crippen LogP contribution in [0.25, 0.3) is 0 Å². The smallest absolute Gasteiger partial charge is 0.333 e. The number of aromatic nitrogens is 2. The topological polar surface area (TPSA) is 43.8 Å². The molecule has 0 amide bonds. The van der Waals surface area contributed by atoms with Crippen molar-refractivity contribution in [1.29, 1.82) is 0 Å². The van der Waals surface area contributed by atoms with Crippen molar-refractivity contribution in [2.24, 2.45) is 0 Å². The molecule has 0 aliphatic carbocycles. The molecule has 5 heteroatoms. The monoisotopic (exact) mass is 147 g/mol. The Balaban J connectivity index is 3.05. The van der Waals surface area contributed by atoms with Crippen molar-refractivity contribution in [3.05, 3.63) is 11.9 Å². The quantitative estimate of drug-likeness (QED) is 0.647. The van der Waals surface area contributed by atoms with Crippen LogP contribution in [0.3, 0.4) is 0 Å². The number of nitrogens with zero attached hydrogens (tertiary/aromatic N) is 2. The van der Waals surface area contributed by atoms with E-state index in [4.69, 9.17) is 5.73 Å². The molecule has 0 aliphatic heterocycles. The van der Waals surface area contributed by atoms with Crippen molar-refractivity contribution >= 4 is 5.69 Å². The summed E-state index contributed by atoms with van der Waals surface area (Å²) < 4.78 is 24.4. The zero-order valence-electron chi connectivity index (χ0n) is 5.38. The summed E-state index contributed by atoms with van der Waals surface area (Å²) in [5, 5.41) is 3.36. The first-order valence-electron chi connectivity index (χ1n) is 2.70. The standard InChI is InChI=1S/C5H7F2N3/c1-3-4(8)2-9-10(3)5(6)7/h2,5H,8H2,1H3. The van der Waals surface area contributed by atoms with Gasteiger partial charge in [-0.1, -0.05) is 0 Å². The van der Waals surface area contributed by atoms with Crippen LogP contribution in [0.5, 0.6) is 0 Å². The van der Waals surface area contributed by atoms with Crippen molar-refractivity contribution in [3.8, 4) is 0 Å². The van der Waals surface area contributed by atoms with Gasteiger partial charge in [-0.15, -0.1) is 0 Å². The number of anilines is 1. The maximum atomic E-state index is 11.9. The molecule has 1 rings (SSSR count). The minimum Gasteiger partial charge on any atom is -0.396 e. The highest BCUT2D eigenvalue weighted by Gasteiger charge is 2.10. The van der Waals surface area contributed by atoms with Gasteiger partial charge in [0.15, 0.2) is 0 Å². The largest absolute Gasteiger partial charge is 0.396 e. The summed E-state index contributed by atoms with van der Waals surface area (Å²) in [7, 11) is 0. The molecule has 0 aromatic carbocycles. The fourth-order valence-electron chi connectivity index (χ4n) is 0.633. The second-order valence-electron chi connectivity index (χ2n) is 1.91. The first-order chi connectivity index (χ1) is 4.63. The molecule has 1 aromatic heterocycles. The molecule has 0 bridgehead atoms. The van der Waals surface area contributed by atoms with Gasteiger partial charge in [-0.2, -0.15) is 13.9 Å². The molecule has 1 heterocycles. The van der Waals surface area contributed by atoms with Gasteiger partial charge in [-0.05, 0) is 6.92 Å². The van der Waals surface area contributed by atoms with E-state index in [1.54, 1.807) is 0 Å². The van der Waals surface area contributed by atoms with Crippen LogP contribution < -0.4 is 5.73 Å². The fraction of sp³-hybridized carbons (Fsp3) is 0.400. The Bertz CT molecular complexity index is 231. The number of nitrogen functional groups attached to an aromatic ring is 1. The summed E-state index contributed by atoms with van der Waals surface area (Å²) in [6, 6.07) is 0. The van der Waals surface area contributed by atoms with Gasteiger partial charge in [0.25, 0.3) is 0 Å². The first-order valence-corrected chi connectivity index (χ1v) is 2.70. The lowest BCUT2D eigenvalue weighted by Crippen LogP contribution is -2.02. The second-order valence-corrected chi connectivity index (χ2v) is 1.91. The Kier molecular flexibility index (Phi) is 1.57. The van der Waals surface area contributed by atoms with E-state index in [9.17, 15) is 8.78 Å². The number of hydrogen-bond acceptors (Lipinski definition) is 2. The van der Waals surface area contributed by atoms with Crippen molar-refractivity contribution in [2.45, 2.75) is 13.5 Å². The Labute approximate surface area is 56.4 Å². The SMILES string of the molecule is Cc1c(N)cnn1C(F)F. The third-order valence-corrected chi connectivity index (χ3v) is 1.27. The molecule has 0 fully saturated rings. The number of alkyl halides is 2. The van der Waals surface area contributed by atoms with Crippen LogP contribution in [-0.4, -0.2) is 9.78 Å². The minimum absolute atomic E-state index is 0.292. The van der Waals surface area contributed by atoms with Gasteiger partial charge in [0, 0.05) is 0 Å². The number of hydrogen-bond donors (Lipinski definition) is 1. The summed E-state index contributed by atoms with van der Waals surface area (Å²) in [6.45, 7) is -1.11. The minimum atomic E-state index is -2.60. The molecule has 0 atom stereocenters. The Morgan fingerprint density at radius 1 is 1.70 bits per heavy atom. The summed E-state index contributed by atoms with van der Waals surface area (Å²) in [5.74, 6) is 0. The molecule has 2 N–H and O–H groups in total. The molecule has 0 aliphatic rings. The molecule has 3 nitrogen and oxygen atoms in total. The number of nitrogens with two attached hydrogens (primary N) is 1. The van der Waals surface area contributed by atoms with Gasteiger partial charge in [0.05, 0.1) is 17.6 Å². The predicted octanol–water partition coefficient (Wildman–Crippen LogP) is 1.17. The summed E-state index contributed by atoms with van der Waals surface area (Å²) in [5.41, 5.74) is 5.85. The fourth-order valence-corrected chi connectivity index (χ4v) is 0.633. The Hall–Kier alpha value is -1.13. The van der Waals surface area contributed by atoms with Crippen molar-refractivity contribution in [1.82, 2.24) is 9.78 Å². The first kappa shape index (κ1) is 6.98. The molecule has 0 saturated carbocycles. The normalized spacial score (nSPS) is 10.8. The van der Waals surface area contributed by atoms with Gasteiger partial charge in [0.1, 0.15) is 0 Å². The second kappa shape index (κ2) is 2.24. The molecule has 0 saturated heterocycles. The van der Waals surface area contributed by atoms with Gasteiger partial charge in [0.2, 0.25) is 0 Å². The average Bonchev–Trinajstić information content (AvgIpc) is 2.14. The number of halogens is 2. The van der Waals surface area contributed by atoms with Crippen LogP contribution in [-0.2, 0) is 0 Å². The lowest BCUT2D eigenvalue weighted by Gasteiger charge is -2.00. The van der Waals surface area contributed by atoms with Crippen LogP contribution in [0.1, 0.15) is 12.2 Å². The third-order valence-electron chi connectivity index (χ3n) is 1.27. The molecule has 0 spiro atoms. The van der Waals surface area contributed by atoms with Crippen LogP contribution in [0.15, 0.2) is 6.20 Å². The predicted molar refractivity (Wildman–Crippen MR) is 32.6 cm³/mol. The van der Waals surface area contributed by atoms with Crippen LogP contribution in [0.4, 0.5) is 14.5 Å². The number of rotatable bonds is 1. The summed E-state index contributed by atoms with van der Waals surface area (Å²) >= 11 is 0. The van der Waals surface area contributed by atoms with E-state index in [2.05, 4.69) is 5.10 Å². The summed E-state index contributed by atoms with van der Waals surface area (Å²) in [4.78, 5) is 0. The molecular weight excluding hydrogens is 140 g/mol. The van der Waals surface area contributed by atoms with Gasteiger partial charge < -0.3 is 5.73 Å². The third kappa shape index (κ3) is 0.940. The van der Waals surface area contributed by atoms with Gasteiger partial charge in [-0.3, -0.25) is 0 Å². The summed E-state index contributed by atoms with van der Waals surface area (Å²) in [6.07, 6.45) is 1.21. The molecule has 0 unspecified atom stereocenters. The Morgan fingerprint density at radius 2 is 2.30 bits per heavy atom. The highest BCUT2D eigenvalue weighted by Crippen LogP contribution is 2.15. The maximum absolute atomic E-state index is 11.9. The van der Waals surface area contributed by atoms with E-state index < -0.39 is 6.55 Å². The molecule has 0 radical (unpaired) electrons. The highest BCUT2D eigenvalue weighted by molar-refractivity contribution is 5.39. The van der Waals surface area contributed by atoms with E-state index >= 15 is 0 Å². The van der Waals surface area contributed by atoms with E-state index in [1.807, 2.05) is 0 Å². The van der Waals surface area contributed by atoms with Crippen molar-refractivity contribution in [3.63, 3.8) is 0 Å². The average molecular weight is 147 g/mol. The van der Waals surface area contributed by atoms with Crippen LogP contribution in [0, 0.1) is 6.92 Å². The zero-order valence-corrected chi connectivity index (χ0v) is 5.38.